The van der Waals surface area contributed by atoms with Crippen molar-refractivity contribution in [1.29, 1.82) is 0 Å². The van der Waals surface area contributed by atoms with Crippen LogP contribution in [0.25, 0.3) is 0 Å². The van der Waals surface area contributed by atoms with E-state index in [4.69, 9.17) is 0 Å². The van der Waals surface area contributed by atoms with Crippen LogP contribution in [-0.2, 0) is 16.6 Å². The zero-order valence-electron chi connectivity index (χ0n) is 9.84. The summed E-state index contributed by atoms with van der Waals surface area (Å²) < 4.78 is 29.3. The van der Waals surface area contributed by atoms with Crippen LogP contribution in [0.5, 0.6) is 0 Å². The Balaban J connectivity index is 2.29. The molecule has 0 aliphatic rings. The smallest absolute Gasteiger partial charge is 0.263 e. The van der Waals surface area contributed by atoms with Crippen LogP contribution in [0.4, 0.5) is 5.69 Å². The Kier molecular flexibility index (Phi) is 3.79. The average Bonchev–Trinajstić information content (AvgIpc) is 2.84. The van der Waals surface area contributed by atoms with E-state index in [1.54, 1.807) is 23.9 Å². The van der Waals surface area contributed by atoms with Crippen LogP contribution >= 0.6 is 27.3 Å². The SMILES string of the molecule is CCn1cc(NS(=O)(=O)c2cc(Br)sc2C)cn1. The zero-order chi connectivity index (χ0) is 13.3. The predicted molar refractivity (Wildman–Crippen MR) is 75.5 cm³/mol. The van der Waals surface area contributed by atoms with E-state index >= 15 is 0 Å². The highest BCUT2D eigenvalue weighted by atomic mass is 79.9. The Morgan fingerprint density at radius 1 is 1.56 bits per heavy atom. The second kappa shape index (κ2) is 5.02. The number of sulfonamides is 1. The van der Waals surface area contributed by atoms with E-state index in [9.17, 15) is 8.42 Å². The van der Waals surface area contributed by atoms with Gasteiger partial charge >= 0.3 is 0 Å². The van der Waals surface area contributed by atoms with Crippen molar-refractivity contribution in [2.45, 2.75) is 25.3 Å². The number of nitrogens with zero attached hydrogens (tertiary/aromatic N) is 2. The number of nitrogens with one attached hydrogen (secondary N) is 1. The molecule has 0 saturated heterocycles. The Labute approximate surface area is 118 Å². The van der Waals surface area contributed by atoms with E-state index in [-0.39, 0.29) is 0 Å². The maximum Gasteiger partial charge on any atom is 0.263 e. The summed E-state index contributed by atoms with van der Waals surface area (Å²) in [6, 6.07) is 1.60. The number of hydrogen-bond donors (Lipinski definition) is 1. The number of halogens is 1. The summed E-state index contributed by atoms with van der Waals surface area (Å²) in [5.74, 6) is 0. The van der Waals surface area contributed by atoms with E-state index in [2.05, 4.69) is 25.8 Å². The molecule has 0 amide bonds. The number of anilines is 1. The molecule has 0 unspecified atom stereocenters. The molecule has 0 aromatic carbocycles. The molecule has 8 heteroatoms. The first-order valence-electron chi connectivity index (χ1n) is 5.23. The van der Waals surface area contributed by atoms with E-state index < -0.39 is 10.0 Å². The second-order valence-electron chi connectivity index (χ2n) is 3.66. The lowest BCUT2D eigenvalue weighted by Crippen LogP contribution is -2.12. The summed E-state index contributed by atoms with van der Waals surface area (Å²) in [5.41, 5.74) is 0.471. The van der Waals surface area contributed by atoms with E-state index in [1.807, 2.05) is 6.92 Å². The van der Waals surface area contributed by atoms with Crippen LogP contribution in [0.2, 0.25) is 0 Å². The minimum atomic E-state index is -3.54. The first-order valence-corrected chi connectivity index (χ1v) is 8.33. The van der Waals surface area contributed by atoms with E-state index in [0.717, 1.165) is 8.66 Å². The van der Waals surface area contributed by atoms with Crippen LogP contribution < -0.4 is 4.72 Å². The normalized spacial score (nSPS) is 11.7. The predicted octanol–water partition coefficient (Wildman–Crippen LogP) is 2.84. The van der Waals surface area contributed by atoms with Crippen molar-refractivity contribution < 1.29 is 8.42 Å². The summed E-state index contributed by atoms with van der Waals surface area (Å²) in [5, 5.41) is 4.02. The lowest BCUT2D eigenvalue weighted by molar-refractivity contribution is 0.601. The summed E-state index contributed by atoms with van der Waals surface area (Å²) in [6.07, 6.45) is 3.16. The molecular formula is C10H12BrN3O2S2. The molecular weight excluding hydrogens is 338 g/mol. The molecule has 2 aromatic rings. The summed E-state index contributed by atoms with van der Waals surface area (Å²) in [4.78, 5) is 1.04. The second-order valence-corrected chi connectivity index (χ2v) is 7.95. The van der Waals surface area contributed by atoms with Gasteiger partial charge < -0.3 is 0 Å². The quantitative estimate of drug-likeness (QED) is 0.922. The number of aryl methyl sites for hydroxylation is 2. The number of thiophene rings is 1. The summed E-state index contributed by atoms with van der Waals surface area (Å²) in [6.45, 7) is 4.41. The molecule has 5 nitrogen and oxygen atoms in total. The van der Waals surface area contributed by atoms with Gasteiger partial charge in [-0.05, 0) is 35.8 Å². The Bertz CT molecular complexity index is 660. The Morgan fingerprint density at radius 3 is 2.78 bits per heavy atom. The van der Waals surface area contributed by atoms with Gasteiger partial charge in [-0.3, -0.25) is 9.40 Å². The molecule has 98 valence electrons. The van der Waals surface area contributed by atoms with Gasteiger partial charge in [0.2, 0.25) is 0 Å². The van der Waals surface area contributed by atoms with Gasteiger partial charge in [0.15, 0.2) is 0 Å². The van der Waals surface area contributed by atoms with Gasteiger partial charge in [-0.1, -0.05) is 0 Å². The molecule has 0 aliphatic carbocycles. The van der Waals surface area contributed by atoms with Crippen LogP contribution in [0.15, 0.2) is 27.1 Å². The van der Waals surface area contributed by atoms with Gasteiger partial charge in [0.1, 0.15) is 4.90 Å². The van der Waals surface area contributed by atoms with Crippen molar-refractivity contribution in [2.75, 3.05) is 4.72 Å². The molecule has 0 fully saturated rings. The minimum absolute atomic E-state index is 0.295. The van der Waals surface area contributed by atoms with E-state index in [1.165, 1.54) is 17.5 Å². The number of aromatic nitrogens is 2. The van der Waals surface area contributed by atoms with Crippen molar-refractivity contribution in [3.8, 4) is 0 Å². The molecule has 2 rings (SSSR count). The third-order valence-corrected chi connectivity index (χ3v) is 5.53. The van der Waals surface area contributed by atoms with Crippen LogP contribution in [0, 0.1) is 6.92 Å². The Morgan fingerprint density at radius 2 is 2.28 bits per heavy atom. The summed E-state index contributed by atoms with van der Waals surface area (Å²) >= 11 is 4.68. The molecule has 18 heavy (non-hydrogen) atoms. The molecule has 0 bridgehead atoms. The number of rotatable bonds is 4. The maximum absolute atomic E-state index is 12.2. The van der Waals surface area contributed by atoms with Crippen molar-refractivity contribution in [3.63, 3.8) is 0 Å². The Hall–Kier alpha value is -0.860. The largest absolute Gasteiger partial charge is 0.276 e. The van der Waals surface area contributed by atoms with Gasteiger partial charge in [-0.25, -0.2) is 8.42 Å². The fourth-order valence-electron chi connectivity index (χ4n) is 1.50. The van der Waals surface area contributed by atoms with Gasteiger partial charge in [-0.15, -0.1) is 11.3 Å². The van der Waals surface area contributed by atoms with E-state index in [0.29, 0.717) is 17.1 Å². The highest BCUT2D eigenvalue weighted by Crippen LogP contribution is 2.30. The molecule has 2 heterocycles. The highest BCUT2D eigenvalue weighted by molar-refractivity contribution is 9.11. The lowest BCUT2D eigenvalue weighted by Gasteiger charge is -2.04. The van der Waals surface area contributed by atoms with Gasteiger partial charge in [0.05, 0.1) is 15.7 Å². The molecule has 0 spiro atoms. The topological polar surface area (TPSA) is 64.0 Å². The third kappa shape index (κ3) is 2.76. The molecule has 1 N–H and O–H groups in total. The highest BCUT2D eigenvalue weighted by Gasteiger charge is 2.20. The number of hydrogen-bond acceptors (Lipinski definition) is 4. The van der Waals surface area contributed by atoms with Crippen LogP contribution in [0.1, 0.15) is 11.8 Å². The van der Waals surface area contributed by atoms with Gasteiger partial charge in [0, 0.05) is 17.6 Å². The monoisotopic (exact) mass is 349 g/mol. The maximum atomic E-state index is 12.2. The molecule has 0 atom stereocenters. The van der Waals surface area contributed by atoms with Crippen LogP contribution in [0.3, 0.4) is 0 Å². The fourth-order valence-corrected chi connectivity index (χ4v) is 4.94. The van der Waals surface area contributed by atoms with Gasteiger partial charge in [-0.2, -0.15) is 5.10 Å². The molecule has 0 radical (unpaired) electrons. The van der Waals surface area contributed by atoms with Crippen LogP contribution in [-0.4, -0.2) is 18.2 Å². The first kappa shape index (κ1) is 13.6. The standard InChI is InChI=1S/C10H12BrN3O2S2/c1-3-14-6-8(5-12-14)13-18(15,16)9-4-10(11)17-7(9)2/h4-6,13H,3H2,1-2H3. The van der Waals surface area contributed by atoms with Crippen molar-refractivity contribution in [3.05, 3.63) is 27.1 Å². The zero-order valence-corrected chi connectivity index (χ0v) is 13.1. The van der Waals surface area contributed by atoms with Crippen molar-refractivity contribution in [2.24, 2.45) is 0 Å². The molecule has 2 aromatic heterocycles. The first-order chi connectivity index (χ1) is 8.42. The third-order valence-electron chi connectivity index (χ3n) is 2.34. The molecule has 0 saturated carbocycles. The minimum Gasteiger partial charge on any atom is -0.276 e. The lowest BCUT2D eigenvalue weighted by atomic mass is 10.5. The average molecular weight is 350 g/mol. The van der Waals surface area contributed by atoms with Crippen molar-refractivity contribution >= 4 is 43.0 Å². The molecule has 0 aliphatic heterocycles. The van der Waals surface area contributed by atoms with Crippen molar-refractivity contribution in [1.82, 2.24) is 9.78 Å². The fraction of sp³-hybridized carbons (Fsp3) is 0.300. The van der Waals surface area contributed by atoms with Gasteiger partial charge in [0.25, 0.3) is 10.0 Å². The summed E-state index contributed by atoms with van der Waals surface area (Å²) in [7, 11) is -3.54.